The fourth-order valence-corrected chi connectivity index (χ4v) is 3.93. The highest BCUT2D eigenvalue weighted by Gasteiger charge is 2.42. The molecule has 1 N–H and O–H groups in total. The van der Waals surface area contributed by atoms with Crippen molar-refractivity contribution in [1.29, 1.82) is 0 Å². The second kappa shape index (κ2) is 7.21. The van der Waals surface area contributed by atoms with Crippen LogP contribution in [0.25, 0.3) is 0 Å². The Bertz CT molecular complexity index is 788. The van der Waals surface area contributed by atoms with E-state index in [0.717, 1.165) is 55.4 Å². The molecule has 3 atom stereocenters. The van der Waals surface area contributed by atoms with Crippen molar-refractivity contribution in [2.75, 3.05) is 18.4 Å². The van der Waals surface area contributed by atoms with E-state index in [0.29, 0.717) is 5.92 Å². The summed E-state index contributed by atoms with van der Waals surface area (Å²) in [5.74, 6) is 2.31. The topological polar surface area (TPSA) is 67.6 Å². The molecule has 2 aliphatic heterocycles. The van der Waals surface area contributed by atoms with Crippen LogP contribution in [-0.4, -0.2) is 41.1 Å². The fraction of sp³-hybridized carbons (Fsp3) is 0.500. The monoisotopic (exact) mass is 355 g/mol. The first-order valence-electron chi connectivity index (χ1n) is 9.24. The maximum atomic E-state index is 12.6. The van der Waals surface area contributed by atoms with Gasteiger partial charge in [-0.3, -0.25) is 14.7 Å². The summed E-state index contributed by atoms with van der Waals surface area (Å²) in [6.07, 6.45) is 3.31. The number of hydrogen-bond acceptors (Lipinski definition) is 5. The number of carbonyl (C=O) groups excluding carboxylic acids is 1. The smallest absolute Gasteiger partial charge is 0.253 e. The molecule has 0 unspecified atom stereocenters. The van der Waals surface area contributed by atoms with Crippen molar-refractivity contribution in [2.45, 2.75) is 45.4 Å². The molecule has 0 aliphatic carbocycles. The van der Waals surface area contributed by atoms with Gasteiger partial charge in [0.1, 0.15) is 17.6 Å². The second-order valence-corrected chi connectivity index (χ2v) is 7.32. The van der Waals surface area contributed by atoms with Gasteiger partial charge >= 0.3 is 0 Å². The molecule has 138 valence electrons. The number of anilines is 1. The predicted octanol–water partition coefficient (Wildman–Crippen LogP) is 2.91. The minimum Gasteiger partial charge on any atom is -0.465 e. The van der Waals surface area contributed by atoms with Crippen LogP contribution in [0.15, 0.2) is 34.9 Å². The Balaban J connectivity index is 1.34. The highest BCUT2D eigenvalue weighted by atomic mass is 16.5. The summed E-state index contributed by atoms with van der Waals surface area (Å²) in [6, 6.07) is 7.72. The summed E-state index contributed by atoms with van der Waals surface area (Å²) >= 11 is 0. The van der Waals surface area contributed by atoms with Crippen molar-refractivity contribution in [2.24, 2.45) is 5.92 Å². The number of furan rings is 1. The molecule has 0 bridgehead atoms. The van der Waals surface area contributed by atoms with Crippen LogP contribution in [0, 0.1) is 19.8 Å². The minimum atomic E-state index is -0.379. The van der Waals surface area contributed by atoms with Crippen LogP contribution in [0.3, 0.4) is 0 Å². The Morgan fingerprint density at radius 1 is 1.35 bits per heavy atom. The summed E-state index contributed by atoms with van der Waals surface area (Å²) < 4.78 is 11.8. The number of fused-ring (bicyclic) bond motifs is 1. The molecule has 0 aromatic carbocycles. The maximum Gasteiger partial charge on any atom is 0.253 e. The first-order valence-corrected chi connectivity index (χ1v) is 9.24. The lowest BCUT2D eigenvalue weighted by molar-refractivity contribution is -0.127. The zero-order chi connectivity index (χ0) is 18.1. The minimum absolute atomic E-state index is 0.0660. The molecule has 0 spiro atoms. The first kappa shape index (κ1) is 17.2. The normalized spacial score (nSPS) is 25.8. The van der Waals surface area contributed by atoms with E-state index in [1.54, 1.807) is 6.20 Å². The van der Waals surface area contributed by atoms with Crippen molar-refractivity contribution in [1.82, 2.24) is 9.88 Å². The zero-order valence-electron chi connectivity index (χ0n) is 15.3. The van der Waals surface area contributed by atoms with Crippen LogP contribution >= 0.6 is 0 Å². The van der Waals surface area contributed by atoms with E-state index in [-0.39, 0.29) is 18.1 Å². The Hall–Kier alpha value is -2.18. The maximum absolute atomic E-state index is 12.6. The summed E-state index contributed by atoms with van der Waals surface area (Å²) in [6.45, 7) is 6.51. The highest BCUT2D eigenvalue weighted by molar-refractivity contribution is 5.94. The SMILES string of the molecule is Cc1ccc(CN2CC[C@H]3C[C@H](C(=O)Nc4cccnc4C)O[C@@H]3C2)o1. The van der Waals surface area contributed by atoms with Gasteiger partial charge in [-0.2, -0.15) is 0 Å². The van der Waals surface area contributed by atoms with Crippen molar-refractivity contribution < 1.29 is 13.9 Å². The third-order valence-electron chi connectivity index (χ3n) is 5.37. The molecule has 2 aromatic rings. The Morgan fingerprint density at radius 2 is 2.23 bits per heavy atom. The van der Waals surface area contributed by atoms with Gasteiger partial charge in [0, 0.05) is 12.7 Å². The van der Waals surface area contributed by atoms with Gasteiger partial charge in [0.15, 0.2) is 0 Å². The van der Waals surface area contributed by atoms with Crippen LogP contribution in [0.5, 0.6) is 0 Å². The molecule has 0 radical (unpaired) electrons. The van der Waals surface area contributed by atoms with Crippen molar-refractivity contribution >= 4 is 11.6 Å². The number of nitrogens with zero attached hydrogens (tertiary/aromatic N) is 2. The lowest BCUT2D eigenvalue weighted by atomic mass is 9.91. The van der Waals surface area contributed by atoms with Crippen LogP contribution in [-0.2, 0) is 16.1 Å². The number of carbonyl (C=O) groups is 1. The van der Waals surface area contributed by atoms with E-state index in [1.807, 2.05) is 38.1 Å². The summed E-state index contributed by atoms with van der Waals surface area (Å²) in [4.78, 5) is 19.2. The second-order valence-electron chi connectivity index (χ2n) is 7.32. The molecule has 2 fully saturated rings. The van der Waals surface area contributed by atoms with E-state index >= 15 is 0 Å². The van der Waals surface area contributed by atoms with Crippen molar-refractivity contribution in [3.63, 3.8) is 0 Å². The van der Waals surface area contributed by atoms with E-state index < -0.39 is 0 Å². The number of pyridine rings is 1. The quantitative estimate of drug-likeness (QED) is 0.913. The highest BCUT2D eigenvalue weighted by Crippen LogP contribution is 2.34. The molecule has 2 aromatic heterocycles. The van der Waals surface area contributed by atoms with Gasteiger partial charge in [0.25, 0.3) is 5.91 Å². The standard InChI is InChI=1S/C20H25N3O3/c1-13-5-6-16(25-13)11-23-9-7-15-10-18(26-19(15)12-23)20(24)22-17-4-3-8-21-14(17)2/h3-6,8,15,18-19H,7,9-12H2,1-2H3,(H,22,24)/t15-,18+,19+/m0/s1. The van der Waals surface area contributed by atoms with Gasteiger partial charge in [0.2, 0.25) is 0 Å². The van der Waals surface area contributed by atoms with Gasteiger partial charge in [-0.05, 0) is 63.4 Å². The molecule has 2 saturated heterocycles. The third kappa shape index (κ3) is 3.66. The van der Waals surface area contributed by atoms with Gasteiger partial charge in [-0.15, -0.1) is 0 Å². The third-order valence-corrected chi connectivity index (χ3v) is 5.37. The van der Waals surface area contributed by atoms with E-state index in [2.05, 4.69) is 15.2 Å². The number of hydrogen-bond donors (Lipinski definition) is 1. The molecule has 4 heterocycles. The number of aromatic nitrogens is 1. The Morgan fingerprint density at radius 3 is 3.00 bits per heavy atom. The van der Waals surface area contributed by atoms with Crippen LogP contribution in [0.1, 0.15) is 30.1 Å². The summed E-state index contributed by atoms with van der Waals surface area (Å²) in [5, 5.41) is 2.96. The Kier molecular flexibility index (Phi) is 4.78. The van der Waals surface area contributed by atoms with E-state index in [1.165, 1.54) is 0 Å². The van der Waals surface area contributed by atoms with Crippen molar-refractivity contribution in [3.8, 4) is 0 Å². The van der Waals surface area contributed by atoms with Crippen LogP contribution in [0.2, 0.25) is 0 Å². The lowest BCUT2D eigenvalue weighted by Gasteiger charge is -2.33. The average molecular weight is 355 g/mol. The number of amides is 1. The van der Waals surface area contributed by atoms with Gasteiger partial charge in [-0.25, -0.2) is 0 Å². The molecule has 6 nitrogen and oxygen atoms in total. The Labute approximate surface area is 153 Å². The van der Waals surface area contributed by atoms with E-state index in [9.17, 15) is 4.79 Å². The van der Waals surface area contributed by atoms with Crippen molar-refractivity contribution in [3.05, 3.63) is 47.7 Å². The lowest BCUT2D eigenvalue weighted by Crippen LogP contribution is -2.41. The number of likely N-dealkylation sites (tertiary alicyclic amines) is 1. The molecule has 1 amide bonds. The van der Waals surface area contributed by atoms with Crippen LogP contribution in [0.4, 0.5) is 5.69 Å². The number of nitrogens with one attached hydrogen (secondary N) is 1. The average Bonchev–Trinajstić information content (AvgIpc) is 3.22. The largest absolute Gasteiger partial charge is 0.465 e. The van der Waals surface area contributed by atoms with Gasteiger partial charge in [-0.1, -0.05) is 0 Å². The number of rotatable bonds is 4. The number of aryl methyl sites for hydroxylation is 2. The molecule has 26 heavy (non-hydrogen) atoms. The molecular weight excluding hydrogens is 330 g/mol. The number of ether oxygens (including phenoxy) is 1. The fourth-order valence-electron chi connectivity index (χ4n) is 3.93. The zero-order valence-corrected chi connectivity index (χ0v) is 15.3. The molecule has 4 rings (SSSR count). The first-order chi connectivity index (χ1) is 12.6. The predicted molar refractivity (Wildman–Crippen MR) is 97.7 cm³/mol. The molecule has 2 aliphatic rings. The van der Waals surface area contributed by atoms with Crippen LogP contribution < -0.4 is 5.32 Å². The van der Waals surface area contributed by atoms with Gasteiger partial charge in [0.05, 0.1) is 24.0 Å². The summed E-state index contributed by atoms with van der Waals surface area (Å²) in [7, 11) is 0. The molecule has 6 heteroatoms. The summed E-state index contributed by atoms with van der Waals surface area (Å²) in [5.41, 5.74) is 1.57. The molecular formula is C20H25N3O3. The van der Waals surface area contributed by atoms with Gasteiger partial charge < -0.3 is 14.5 Å². The van der Waals surface area contributed by atoms with E-state index in [4.69, 9.17) is 9.15 Å². The molecule has 0 saturated carbocycles. The number of piperidine rings is 1.